The molecule has 0 radical (unpaired) electrons. The predicted molar refractivity (Wildman–Crippen MR) is 65.1 cm³/mol. The molecule has 1 aromatic rings. The highest BCUT2D eigenvalue weighted by Crippen LogP contribution is 2.30. The first-order valence-corrected chi connectivity index (χ1v) is 7.00. The van der Waals surface area contributed by atoms with Crippen LogP contribution in [-0.4, -0.2) is 5.11 Å². The minimum atomic E-state index is -0.224. The molecule has 1 atom stereocenters. The largest absolute Gasteiger partial charge is 0.388 e. The molecule has 1 heterocycles. The molecule has 84 valence electrons. The average molecular weight is 224 g/mol. The Labute approximate surface area is 96.1 Å². The van der Waals surface area contributed by atoms with Crippen molar-refractivity contribution in [3.05, 3.63) is 22.4 Å². The highest BCUT2D eigenvalue weighted by molar-refractivity contribution is 7.07. The summed E-state index contributed by atoms with van der Waals surface area (Å²) >= 11 is 1.67. The van der Waals surface area contributed by atoms with E-state index in [1.807, 2.05) is 11.4 Å². The van der Waals surface area contributed by atoms with Crippen molar-refractivity contribution in [2.24, 2.45) is 5.92 Å². The van der Waals surface area contributed by atoms with Gasteiger partial charge in [0.25, 0.3) is 0 Å². The second-order valence-corrected chi connectivity index (χ2v) is 5.43. The van der Waals surface area contributed by atoms with Gasteiger partial charge in [-0.15, -0.1) is 0 Å². The summed E-state index contributed by atoms with van der Waals surface area (Å²) in [5.74, 6) is 0.882. The van der Waals surface area contributed by atoms with E-state index in [-0.39, 0.29) is 6.10 Å². The minimum Gasteiger partial charge on any atom is -0.388 e. The molecular weight excluding hydrogens is 204 g/mol. The van der Waals surface area contributed by atoms with Crippen LogP contribution in [0.1, 0.15) is 56.6 Å². The number of aliphatic hydroxyl groups is 1. The Morgan fingerprint density at radius 3 is 2.80 bits per heavy atom. The zero-order valence-corrected chi connectivity index (χ0v) is 10.0. The van der Waals surface area contributed by atoms with Gasteiger partial charge in [-0.05, 0) is 41.1 Å². The second kappa shape index (κ2) is 5.66. The maximum absolute atomic E-state index is 9.95. The molecule has 15 heavy (non-hydrogen) atoms. The summed E-state index contributed by atoms with van der Waals surface area (Å²) in [5.41, 5.74) is 1.11. The van der Waals surface area contributed by atoms with E-state index in [0.717, 1.165) is 17.9 Å². The maximum Gasteiger partial charge on any atom is 0.0798 e. The molecule has 0 aliphatic heterocycles. The van der Waals surface area contributed by atoms with Gasteiger partial charge in [0.05, 0.1) is 6.10 Å². The summed E-state index contributed by atoms with van der Waals surface area (Å²) < 4.78 is 0. The quantitative estimate of drug-likeness (QED) is 0.815. The Balaban J connectivity index is 1.73. The Hall–Kier alpha value is -0.340. The summed E-state index contributed by atoms with van der Waals surface area (Å²) in [4.78, 5) is 0. The van der Waals surface area contributed by atoms with Gasteiger partial charge in [-0.25, -0.2) is 0 Å². The molecule has 1 N–H and O–H groups in total. The standard InChI is InChI=1S/C13H20OS/c14-13(12-8-9-15-10-12)7-6-11-4-2-1-3-5-11/h8-11,13-14H,1-7H2. The van der Waals surface area contributed by atoms with E-state index < -0.39 is 0 Å². The second-order valence-electron chi connectivity index (χ2n) is 4.65. The van der Waals surface area contributed by atoms with Crippen molar-refractivity contribution in [2.75, 3.05) is 0 Å². The molecule has 1 aromatic heterocycles. The van der Waals surface area contributed by atoms with E-state index in [9.17, 15) is 5.11 Å². The molecule has 0 saturated heterocycles. The first-order chi connectivity index (χ1) is 7.36. The van der Waals surface area contributed by atoms with Crippen LogP contribution in [0.3, 0.4) is 0 Å². The SMILES string of the molecule is OC(CCC1CCCCC1)c1ccsc1. The van der Waals surface area contributed by atoms with Gasteiger partial charge in [0.2, 0.25) is 0 Å². The van der Waals surface area contributed by atoms with Crippen molar-refractivity contribution in [1.29, 1.82) is 0 Å². The van der Waals surface area contributed by atoms with Crippen molar-refractivity contribution >= 4 is 11.3 Å². The van der Waals surface area contributed by atoms with E-state index in [1.165, 1.54) is 38.5 Å². The van der Waals surface area contributed by atoms with Gasteiger partial charge < -0.3 is 5.11 Å². The number of aliphatic hydroxyl groups excluding tert-OH is 1. The van der Waals surface area contributed by atoms with Crippen LogP contribution < -0.4 is 0 Å². The van der Waals surface area contributed by atoms with E-state index >= 15 is 0 Å². The maximum atomic E-state index is 9.95. The van der Waals surface area contributed by atoms with Gasteiger partial charge in [-0.1, -0.05) is 32.1 Å². The molecule has 1 fully saturated rings. The van der Waals surface area contributed by atoms with E-state index in [4.69, 9.17) is 0 Å². The van der Waals surface area contributed by atoms with Crippen molar-refractivity contribution in [2.45, 2.75) is 51.0 Å². The molecule has 0 bridgehead atoms. The topological polar surface area (TPSA) is 20.2 Å². The molecule has 0 amide bonds. The van der Waals surface area contributed by atoms with E-state index in [2.05, 4.69) is 5.38 Å². The van der Waals surface area contributed by atoms with Gasteiger partial charge in [-0.2, -0.15) is 11.3 Å². The number of thiophene rings is 1. The molecule has 2 heteroatoms. The Morgan fingerprint density at radius 1 is 1.33 bits per heavy atom. The molecule has 2 rings (SSSR count). The zero-order chi connectivity index (χ0) is 10.5. The third kappa shape index (κ3) is 3.32. The van der Waals surface area contributed by atoms with Crippen LogP contribution in [0.2, 0.25) is 0 Å². The lowest BCUT2D eigenvalue weighted by molar-refractivity contribution is 0.152. The first kappa shape index (κ1) is 11.2. The van der Waals surface area contributed by atoms with Crippen molar-refractivity contribution in [1.82, 2.24) is 0 Å². The summed E-state index contributed by atoms with van der Waals surface area (Å²) in [6, 6.07) is 2.04. The first-order valence-electron chi connectivity index (χ1n) is 6.06. The normalized spacial score (nSPS) is 20.3. The van der Waals surface area contributed by atoms with Gasteiger partial charge in [-0.3, -0.25) is 0 Å². The molecule has 0 spiro atoms. The lowest BCUT2D eigenvalue weighted by atomic mass is 9.85. The van der Waals surface area contributed by atoms with Gasteiger partial charge in [0, 0.05) is 0 Å². The number of rotatable bonds is 4. The summed E-state index contributed by atoms with van der Waals surface area (Å²) in [5, 5.41) is 14.0. The average Bonchev–Trinajstić information content (AvgIpc) is 2.81. The van der Waals surface area contributed by atoms with Crippen molar-refractivity contribution in [3.8, 4) is 0 Å². The molecular formula is C13H20OS. The molecule has 0 aromatic carbocycles. The molecule has 1 unspecified atom stereocenters. The zero-order valence-electron chi connectivity index (χ0n) is 9.19. The molecule has 1 aliphatic rings. The van der Waals surface area contributed by atoms with Gasteiger partial charge >= 0.3 is 0 Å². The fourth-order valence-corrected chi connectivity index (χ4v) is 3.21. The summed E-state index contributed by atoms with van der Waals surface area (Å²) in [6.45, 7) is 0. The van der Waals surface area contributed by atoms with E-state index in [0.29, 0.717) is 0 Å². The Bertz CT molecular complexity index is 262. The number of hydrogen-bond donors (Lipinski definition) is 1. The van der Waals surface area contributed by atoms with E-state index in [1.54, 1.807) is 11.3 Å². The van der Waals surface area contributed by atoms with Crippen LogP contribution in [0.25, 0.3) is 0 Å². The minimum absolute atomic E-state index is 0.224. The van der Waals surface area contributed by atoms with Crippen LogP contribution in [0.4, 0.5) is 0 Å². The van der Waals surface area contributed by atoms with Gasteiger partial charge in [0.15, 0.2) is 0 Å². The third-order valence-electron chi connectivity index (χ3n) is 3.50. The van der Waals surface area contributed by atoms with Crippen LogP contribution in [0.15, 0.2) is 16.8 Å². The Morgan fingerprint density at radius 2 is 2.13 bits per heavy atom. The lowest BCUT2D eigenvalue weighted by Gasteiger charge is -2.22. The molecule has 1 saturated carbocycles. The smallest absolute Gasteiger partial charge is 0.0798 e. The van der Waals surface area contributed by atoms with Crippen LogP contribution in [-0.2, 0) is 0 Å². The summed E-state index contributed by atoms with van der Waals surface area (Å²) in [7, 11) is 0. The highest BCUT2D eigenvalue weighted by atomic mass is 32.1. The van der Waals surface area contributed by atoms with Crippen molar-refractivity contribution < 1.29 is 5.11 Å². The number of hydrogen-bond acceptors (Lipinski definition) is 2. The summed E-state index contributed by atoms with van der Waals surface area (Å²) in [6.07, 6.45) is 8.92. The fraction of sp³-hybridized carbons (Fsp3) is 0.692. The fourth-order valence-electron chi connectivity index (χ4n) is 2.50. The van der Waals surface area contributed by atoms with Crippen LogP contribution >= 0.6 is 11.3 Å². The molecule has 1 aliphatic carbocycles. The Kier molecular flexibility index (Phi) is 4.21. The lowest BCUT2D eigenvalue weighted by Crippen LogP contribution is -2.08. The van der Waals surface area contributed by atoms with Crippen LogP contribution in [0, 0.1) is 5.92 Å². The van der Waals surface area contributed by atoms with Crippen molar-refractivity contribution in [3.63, 3.8) is 0 Å². The monoisotopic (exact) mass is 224 g/mol. The predicted octanol–water partition coefficient (Wildman–Crippen LogP) is 4.14. The molecule has 1 nitrogen and oxygen atoms in total. The van der Waals surface area contributed by atoms with Crippen LogP contribution in [0.5, 0.6) is 0 Å². The highest BCUT2D eigenvalue weighted by Gasteiger charge is 2.15. The third-order valence-corrected chi connectivity index (χ3v) is 4.20. The van der Waals surface area contributed by atoms with Gasteiger partial charge in [0.1, 0.15) is 0 Å².